The Labute approximate surface area is 156 Å². The van der Waals surface area contributed by atoms with E-state index in [2.05, 4.69) is 5.32 Å². The Morgan fingerprint density at radius 2 is 1.88 bits per heavy atom. The van der Waals surface area contributed by atoms with Gasteiger partial charge < -0.3 is 19.5 Å². The zero-order valence-electron chi connectivity index (χ0n) is 14.0. The van der Waals surface area contributed by atoms with Gasteiger partial charge in [-0.1, -0.05) is 29.8 Å². The summed E-state index contributed by atoms with van der Waals surface area (Å²) in [7, 11) is 0. The smallest absolute Gasteiger partial charge is 0.244 e. The molecular formula is C20H18ClNO4. The molecule has 0 saturated heterocycles. The third-order valence-corrected chi connectivity index (χ3v) is 4.60. The first-order valence-electron chi connectivity index (χ1n) is 8.50. The van der Waals surface area contributed by atoms with E-state index in [0.29, 0.717) is 36.3 Å². The first-order valence-corrected chi connectivity index (χ1v) is 8.88. The molecule has 2 aromatic rings. The molecular weight excluding hydrogens is 354 g/mol. The van der Waals surface area contributed by atoms with Gasteiger partial charge in [-0.2, -0.15) is 0 Å². The minimum absolute atomic E-state index is 0.0547. The highest BCUT2D eigenvalue weighted by molar-refractivity contribution is 6.32. The van der Waals surface area contributed by atoms with E-state index in [9.17, 15) is 4.79 Å². The third-order valence-electron chi connectivity index (χ3n) is 4.32. The predicted molar refractivity (Wildman–Crippen MR) is 98.9 cm³/mol. The molecule has 0 bridgehead atoms. The number of fused-ring (bicyclic) bond motifs is 2. The lowest BCUT2D eigenvalue weighted by Gasteiger charge is -2.26. The standard InChI is InChI=1S/C20H18ClNO4/c21-15-11-13(12-18-20(15)26-10-9-25-18)5-6-19(23)22-16-7-8-24-17-4-2-1-3-14(16)17/h1-6,11-12,16H,7-10H2,(H,22,23)/b6-5+/t16-/m1/s1. The summed E-state index contributed by atoms with van der Waals surface area (Å²) in [6.07, 6.45) is 3.96. The lowest BCUT2D eigenvalue weighted by molar-refractivity contribution is -0.117. The monoisotopic (exact) mass is 371 g/mol. The highest BCUT2D eigenvalue weighted by Crippen LogP contribution is 2.38. The van der Waals surface area contributed by atoms with Crippen molar-refractivity contribution in [1.82, 2.24) is 5.32 Å². The van der Waals surface area contributed by atoms with Crippen molar-refractivity contribution in [3.05, 3.63) is 58.6 Å². The molecule has 2 aliphatic heterocycles. The van der Waals surface area contributed by atoms with Crippen LogP contribution in [0.15, 0.2) is 42.5 Å². The number of carbonyl (C=O) groups excluding carboxylic acids is 1. The van der Waals surface area contributed by atoms with Gasteiger partial charge in [0.2, 0.25) is 5.91 Å². The van der Waals surface area contributed by atoms with Crippen molar-refractivity contribution in [2.45, 2.75) is 12.5 Å². The van der Waals surface area contributed by atoms with Crippen LogP contribution >= 0.6 is 11.6 Å². The number of ether oxygens (including phenoxy) is 3. The number of halogens is 1. The lowest BCUT2D eigenvalue weighted by Crippen LogP contribution is -2.30. The van der Waals surface area contributed by atoms with Crippen molar-refractivity contribution in [2.24, 2.45) is 0 Å². The Bertz CT molecular complexity index is 865. The Balaban J connectivity index is 1.47. The minimum atomic E-state index is -0.169. The maximum absolute atomic E-state index is 12.3. The zero-order chi connectivity index (χ0) is 17.9. The molecule has 0 saturated carbocycles. The van der Waals surface area contributed by atoms with Crippen LogP contribution in [0.1, 0.15) is 23.6 Å². The molecule has 0 fully saturated rings. The second kappa shape index (κ2) is 7.30. The molecule has 0 aliphatic carbocycles. The number of hydrogen-bond acceptors (Lipinski definition) is 4. The molecule has 2 aromatic carbocycles. The van der Waals surface area contributed by atoms with Gasteiger partial charge in [-0.15, -0.1) is 0 Å². The number of rotatable bonds is 3. The number of nitrogens with one attached hydrogen (secondary N) is 1. The topological polar surface area (TPSA) is 56.8 Å². The van der Waals surface area contributed by atoms with Gasteiger partial charge in [-0.3, -0.25) is 4.79 Å². The minimum Gasteiger partial charge on any atom is -0.493 e. The molecule has 1 atom stereocenters. The van der Waals surface area contributed by atoms with E-state index < -0.39 is 0 Å². The van der Waals surface area contributed by atoms with E-state index in [1.54, 1.807) is 12.1 Å². The molecule has 2 aliphatic rings. The SMILES string of the molecule is O=C(/C=C/c1cc(Cl)c2c(c1)OCCO2)N[C@@H]1CCOc2ccccc21. The summed E-state index contributed by atoms with van der Waals surface area (Å²) in [6, 6.07) is 11.3. The fourth-order valence-electron chi connectivity index (χ4n) is 3.11. The number of para-hydroxylation sites is 1. The third kappa shape index (κ3) is 3.48. The Kier molecular flexibility index (Phi) is 4.71. The average molecular weight is 372 g/mol. The Morgan fingerprint density at radius 1 is 1.08 bits per heavy atom. The van der Waals surface area contributed by atoms with Gasteiger partial charge in [0.1, 0.15) is 19.0 Å². The molecule has 0 unspecified atom stereocenters. The van der Waals surface area contributed by atoms with E-state index in [1.165, 1.54) is 6.08 Å². The van der Waals surface area contributed by atoms with Crippen molar-refractivity contribution < 1.29 is 19.0 Å². The van der Waals surface area contributed by atoms with E-state index in [-0.39, 0.29) is 11.9 Å². The summed E-state index contributed by atoms with van der Waals surface area (Å²) in [5.74, 6) is 1.81. The molecule has 0 spiro atoms. The van der Waals surface area contributed by atoms with Crippen LogP contribution in [0.3, 0.4) is 0 Å². The zero-order valence-corrected chi connectivity index (χ0v) is 14.8. The molecule has 1 N–H and O–H groups in total. The van der Waals surface area contributed by atoms with Crippen LogP contribution in [0.2, 0.25) is 5.02 Å². The second-order valence-corrected chi connectivity index (χ2v) is 6.50. The van der Waals surface area contributed by atoms with Gasteiger partial charge in [0, 0.05) is 18.1 Å². The lowest BCUT2D eigenvalue weighted by atomic mass is 10.0. The largest absolute Gasteiger partial charge is 0.493 e. The van der Waals surface area contributed by atoms with E-state index in [1.807, 2.05) is 30.3 Å². The van der Waals surface area contributed by atoms with E-state index in [4.69, 9.17) is 25.8 Å². The van der Waals surface area contributed by atoms with Gasteiger partial charge in [0.15, 0.2) is 11.5 Å². The first kappa shape index (κ1) is 16.8. The number of amides is 1. The average Bonchev–Trinajstić information content (AvgIpc) is 2.67. The summed E-state index contributed by atoms with van der Waals surface area (Å²) in [4.78, 5) is 12.3. The highest BCUT2D eigenvalue weighted by atomic mass is 35.5. The molecule has 2 heterocycles. The molecule has 6 heteroatoms. The molecule has 5 nitrogen and oxygen atoms in total. The van der Waals surface area contributed by atoms with Crippen LogP contribution < -0.4 is 19.5 Å². The van der Waals surface area contributed by atoms with Gasteiger partial charge in [0.25, 0.3) is 0 Å². The van der Waals surface area contributed by atoms with E-state index >= 15 is 0 Å². The fraction of sp³-hybridized carbons (Fsp3) is 0.250. The van der Waals surface area contributed by atoms with Gasteiger partial charge in [-0.25, -0.2) is 0 Å². The van der Waals surface area contributed by atoms with Gasteiger partial charge in [-0.05, 0) is 29.8 Å². The summed E-state index contributed by atoms with van der Waals surface area (Å²) in [5, 5.41) is 3.50. The van der Waals surface area contributed by atoms with Crippen LogP contribution in [0.4, 0.5) is 0 Å². The van der Waals surface area contributed by atoms with Crippen molar-refractivity contribution >= 4 is 23.6 Å². The summed E-state index contributed by atoms with van der Waals surface area (Å²) >= 11 is 6.22. The van der Waals surface area contributed by atoms with Crippen LogP contribution in [-0.4, -0.2) is 25.7 Å². The normalized spacial score (nSPS) is 18.1. The van der Waals surface area contributed by atoms with E-state index in [0.717, 1.165) is 23.3 Å². The van der Waals surface area contributed by atoms with Crippen molar-refractivity contribution in [3.8, 4) is 17.2 Å². The Morgan fingerprint density at radius 3 is 2.81 bits per heavy atom. The highest BCUT2D eigenvalue weighted by Gasteiger charge is 2.22. The van der Waals surface area contributed by atoms with Crippen LogP contribution in [0, 0.1) is 0 Å². The quantitative estimate of drug-likeness (QED) is 0.834. The van der Waals surface area contributed by atoms with Crippen molar-refractivity contribution in [3.63, 3.8) is 0 Å². The van der Waals surface area contributed by atoms with Gasteiger partial charge in [0.05, 0.1) is 17.7 Å². The van der Waals surface area contributed by atoms with Crippen molar-refractivity contribution in [1.29, 1.82) is 0 Å². The second-order valence-electron chi connectivity index (χ2n) is 6.10. The van der Waals surface area contributed by atoms with Crippen LogP contribution in [0.5, 0.6) is 17.2 Å². The molecule has 134 valence electrons. The first-order chi connectivity index (χ1) is 12.7. The Hall–Kier alpha value is -2.66. The molecule has 4 rings (SSSR count). The number of carbonyl (C=O) groups is 1. The summed E-state index contributed by atoms with van der Waals surface area (Å²) in [5.41, 5.74) is 1.78. The molecule has 1 amide bonds. The summed E-state index contributed by atoms with van der Waals surface area (Å²) < 4.78 is 16.7. The van der Waals surface area contributed by atoms with Crippen LogP contribution in [0.25, 0.3) is 6.08 Å². The van der Waals surface area contributed by atoms with Gasteiger partial charge >= 0.3 is 0 Å². The molecule has 0 aromatic heterocycles. The molecule has 0 radical (unpaired) electrons. The summed E-state index contributed by atoms with van der Waals surface area (Å²) in [6.45, 7) is 1.56. The predicted octanol–water partition coefficient (Wildman–Crippen LogP) is 3.76. The van der Waals surface area contributed by atoms with Crippen LogP contribution in [-0.2, 0) is 4.79 Å². The van der Waals surface area contributed by atoms with Crippen molar-refractivity contribution in [2.75, 3.05) is 19.8 Å². The maximum Gasteiger partial charge on any atom is 0.244 e. The maximum atomic E-state index is 12.3. The number of hydrogen-bond donors (Lipinski definition) is 1. The molecule has 26 heavy (non-hydrogen) atoms. The number of benzene rings is 2. The fourth-order valence-corrected chi connectivity index (χ4v) is 3.38.